The number of amides is 1. The number of hydrogen-bond donors (Lipinski definition) is 1. The summed E-state index contributed by atoms with van der Waals surface area (Å²) in [5.41, 5.74) is 2.03. The van der Waals surface area contributed by atoms with E-state index in [0.717, 1.165) is 18.6 Å². The van der Waals surface area contributed by atoms with Crippen molar-refractivity contribution in [1.82, 2.24) is 4.98 Å². The van der Waals surface area contributed by atoms with Gasteiger partial charge in [0.1, 0.15) is 5.75 Å². The van der Waals surface area contributed by atoms with Crippen molar-refractivity contribution >= 4 is 22.4 Å². The van der Waals surface area contributed by atoms with Crippen molar-refractivity contribution in [1.29, 1.82) is 0 Å². The van der Waals surface area contributed by atoms with Gasteiger partial charge >= 0.3 is 0 Å². The van der Waals surface area contributed by atoms with Crippen LogP contribution in [0.15, 0.2) is 29.8 Å². The predicted octanol–water partition coefficient (Wildman–Crippen LogP) is 4.48. The van der Waals surface area contributed by atoms with E-state index in [-0.39, 0.29) is 11.8 Å². The lowest BCUT2D eigenvalue weighted by molar-refractivity contribution is -0.125. The monoisotopic (exact) mass is 344 g/mol. The number of thiazole rings is 1. The van der Waals surface area contributed by atoms with Crippen LogP contribution in [0.25, 0.3) is 0 Å². The maximum Gasteiger partial charge on any atom is 0.233 e. The first-order chi connectivity index (χ1) is 11.4. The van der Waals surface area contributed by atoms with Crippen molar-refractivity contribution in [2.75, 3.05) is 12.4 Å². The van der Waals surface area contributed by atoms with Gasteiger partial charge < -0.3 is 10.1 Å². The van der Waals surface area contributed by atoms with Crippen LogP contribution in [-0.4, -0.2) is 18.0 Å². The zero-order valence-electron chi connectivity index (χ0n) is 14.6. The minimum absolute atomic E-state index is 0.0540. The van der Waals surface area contributed by atoms with Gasteiger partial charge in [-0.15, -0.1) is 11.3 Å². The third-order valence-electron chi connectivity index (χ3n) is 4.93. The number of nitrogens with zero attached hydrogens (tertiary/aromatic N) is 1. The van der Waals surface area contributed by atoms with Crippen LogP contribution in [0, 0.1) is 11.3 Å². The van der Waals surface area contributed by atoms with Crippen LogP contribution in [0.2, 0.25) is 0 Å². The van der Waals surface area contributed by atoms with Gasteiger partial charge in [0.15, 0.2) is 5.13 Å². The molecule has 4 nitrogen and oxygen atoms in total. The van der Waals surface area contributed by atoms with Crippen molar-refractivity contribution < 1.29 is 9.53 Å². The average molecular weight is 344 g/mol. The molecule has 0 fully saturated rings. The summed E-state index contributed by atoms with van der Waals surface area (Å²) in [6.07, 6.45) is 3.44. The molecule has 1 amide bonds. The molecule has 1 N–H and O–H groups in total. The Labute approximate surface area is 147 Å². The highest BCUT2D eigenvalue weighted by Gasteiger charge is 2.48. The van der Waals surface area contributed by atoms with Crippen LogP contribution in [0.4, 0.5) is 5.13 Å². The lowest BCUT2D eigenvalue weighted by Gasteiger charge is -2.31. The minimum Gasteiger partial charge on any atom is -0.497 e. The number of carbonyl (C=O) groups is 1. The highest BCUT2D eigenvalue weighted by Crippen LogP contribution is 2.51. The lowest BCUT2D eigenvalue weighted by atomic mass is 9.73. The van der Waals surface area contributed by atoms with Gasteiger partial charge in [0.2, 0.25) is 5.91 Å². The molecule has 0 unspecified atom stereocenters. The largest absolute Gasteiger partial charge is 0.497 e. The van der Waals surface area contributed by atoms with E-state index in [1.807, 2.05) is 11.4 Å². The second kappa shape index (κ2) is 6.55. The summed E-state index contributed by atoms with van der Waals surface area (Å²) in [4.78, 5) is 17.3. The standard InChI is InChI=1S/C19H24N2O2S/c1-12(2)9-16-15-10-14(23-4)6-5-13(15)11-19(16,3)17(22)21-18-20-7-8-24-18/h5-8,10,12,16H,9,11H2,1-4H3,(H,20,21,22)/t16-,19-/m0/s1. The maximum absolute atomic E-state index is 13.1. The molecule has 3 rings (SSSR count). The first-order valence-corrected chi connectivity index (χ1v) is 9.19. The van der Waals surface area contributed by atoms with Gasteiger partial charge in [0.25, 0.3) is 0 Å². The van der Waals surface area contributed by atoms with Gasteiger partial charge in [-0.2, -0.15) is 0 Å². The summed E-state index contributed by atoms with van der Waals surface area (Å²) in [7, 11) is 1.68. The van der Waals surface area contributed by atoms with Crippen LogP contribution < -0.4 is 10.1 Å². The third-order valence-corrected chi connectivity index (χ3v) is 5.62. The number of carbonyl (C=O) groups excluding carboxylic acids is 1. The quantitative estimate of drug-likeness (QED) is 0.870. The van der Waals surface area contributed by atoms with Crippen LogP contribution in [-0.2, 0) is 11.2 Å². The van der Waals surface area contributed by atoms with E-state index in [0.29, 0.717) is 11.0 Å². The summed E-state index contributed by atoms with van der Waals surface area (Å²) < 4.78 is 5.40. The molecular weight excluding hydrogens is 320 g/mol. The molecule has 0 saturated carbocycles. The molecule has 1 aliphatic carbocycles. The Hall–Kier alpha value is -1.88. The number of rotatable bonds is 5. The molecular formula is C19H24N2O2S. The number of ether oxygens (including phenoxy) is 1. The van der Waals surface area contributed by atoms with Crippen molar-refractivity contribution in [2.24, 2.45) is 11.3 Å². The molecule has 128 valence electrons. The van der Waals surface area contributed by atoms with Crippen LogP contribution in [0.5, 0.6) is 5.75 Å². The van der Waals surface area contributed by atoms with Gasteiger partial charge in [-0.3, -0.25) is 4.79 Å². The molecule has 1 aromatic carbocycles. The van der Waals surface area contributed by atoms with E-state index >= 15 is 0 Å². The summed E-state index contributed by atoms with van der Waals surface area (Å²) in [5.74, 6) is 1.60. The van der Waals surface area contributed by atoms with Crippen molar-refractivity contribution in [2.45, 2.75) is 39.5 Å². The number of benzene rings is 1. The van der Waals surface area contributed by atoms with Crippen molar-refractivity contribution in [3.05, 3.63) is 40.9 Å². The number of nitrogens with one attached hydrogen (secondary N) is 1. The van der Waals surface area contributed by atoms with E-state index < -0.39 is 5.41 Å². The van der Waals surface area contributed by atoms with Crippen LogP contribution >= 0.6 is 11.3 Å². The van der Waals surface area contributed by atoms with Crippen LogP contribution in [0.3, 0.4) is 0 Å². The predicted molar refractivity (Wildman–Crippen MR) is 97.7 cm³/mol. The molecule has 24 heavy (non-hydrogen) atoms. The summed E-state index contributed by atoms with van der Waals surface area (Å²) in [6, 6.07) is 6.18. The second-order valence-electron chi connectivity index (χ2n) is 7.13. The Bertz CT molecular complexity index is 727. The molecule has 5 heteroatoms. The first kappa shape index (κ1) is 17.0. The summed E-state index contributed by atoms with van der Waals surface area (Å²) in [5, 5.41) is 5.55. The molecule has 0 saturated heterocycles. The van der Waals surface area contributed by atoms with Crippen molar-refractivity contribution in [3.63, 3.8) is 0 Å². The zero-order chi connectivity index (χ0) is 17.3. The first-order valence-electron chi connectivity index (χ1n) is 8.32. The summed E-state index contributed by atoms with van der Waals surface area (Å²) in [6.45, 7) is 6.49. The Kier molecular flexibility index (Phi) is 4.63. The number of hydrogen-bond acceptors (Lipinski definition) is 4. The second-order valence-corrected chi connectivity index (χ2v) is 8.03. The number of aromatic nitrogens is 1. The topological polar surface area (TPSA) is 51.2 Å². The Morgan fingerprint density at radius 1 is 1.50 bits per heavy atom. The number of methoxy groups -OCH3 is 1. The minimum atomic E-state index is -0.468. The summed E-state index contributed by atoms with van der Waals surface area (Å²) >= 11 is 1.45. The molecule has 1 aromatic heterocycles. The van der Waals surface area contributed by atoms with E-state index in [4.69, 9.17) is 4.74 Å². The van der Waals surface area contributed by atoms with Gasteiger partial charge in [0.05, 0.1) is 12.5 Å². The Balaban J connectivity index is 1.95. The average Bonchev–Trinajstić information content (AvgIpc) is 3.14. The fourth-order valence-corrected chi connectivity index (χ4v) is 4.19. The van der Waals surface area contributed by atoms with Gasteiger partial charge in [-0.25, -0.2) is 4.98 Å². The molecule has 0 radical (unpaired) electrons. The van der Waals surface area contributed by atoms with E-state index in [1.165, 1.54) is 22.5 Å². The molecule has 2 aromatic rings. The fourth-order valence-electron chi connectivity index (χ4n) is 3.67. The van der Waals surface area contributed by atoms with Gasteiger partial charge in [-0.05, 0) is 54.9 Å². The molecule has 0 spiro atoms. The van der Waals surface area contributed by atoms with E-state index in [1.54, 1.807) is 13.3 Å². The highest BCUT2D eigenvalue weighted by molar-refractivity contribution is 7.13. The van der Waals surface area contributed by atoms with E-state index in [9.17, 15) is 4.79 Å². The third kappa shape index (κ3) is 3.05. The van der Waals surface area contributed by atoms with E-state index in [2.05, 4.69) is 43.2 Å². The SMILES string of the molecule is COc1ccc2c(c1)[C@H](CC(C)C)[C@@](C)(C(=O)Nc1nccs1)C2. The van der Waals surface area contributed by atoms with Crippen molar-refractivity contribution in [3.8, 4) is 5.75 Å². The molecule has 1 heterocycles. The Morgan fingerprint density at radius 3 is 2.92 bits per heavy atom. The highest BCUT2D eigenvalue weighted by atomic mass is 32.1. The smallest absolute Gasteiger partial charge is 0.233 e. The number of anilines is 1. The molecule has 1 aliphatic rings. The van der Waals surface area contributed by atoms with Gasteiger partial charge in [-0.1, -0.05) is 19.9 Å². The fraction of sp³-hybridized carbons (Fsp3) is 0.474. The molecule has 0 aliphatic heterocycles. The molecule has 0 bridgehead atoms. The van der Waals surface area contributed by atoms with Crippen LogP contribution in [0.1, 0.15) is 44.2 Å². The molecule has 2 atom stereocenters. The van der Waals surface area contributed by atoms with Gasteiger partial charge in [0, 0.05) is 11.6 Å². The maximum atomic E-state index is 13.1. The zero-order valence-corrected chi connectivity index (χ0v) is 15.4. The normalized spacial score (nSPS) is 22.5. The lowest BCUT2D eigenvalue weighted by Crippen LogP contribution is -2.37. The Morgan fingerprint density at radius 2 is 2.29 bits per heavy atom. The number of fused-ring (bicyclic) bond motifs is 1.